The van der Waals surface area contributed by atoms with Crippen LogP contribution in [0.15, 0.2) is 53.6 Å². The van der Waals surface area contributed by atoms with Gasteiger partial charge in [0, 0.05) is 50.2 Å². The van der Waals surface area contributed by atoms with E-state index in [-0.39, 0.29) is 18.0 Å². The molecule has 144 valence electrons. The number of anilines is 1. The number of piperazine rings is 1. The molecule has 0 saturated carbocycles. The van der Waals surface area contributed by atoms with Crippen LogP contribution >= 0.6 is 12.4 Å². The molecule has 0 bridgehead atoms. The maximum Gasteiger partial charge on any atom is 0.258 e. The molecule has 0 aliphatic carbocycles. The van der Waals surface area contributed by atoms with Crippen LogP contribution in [0.5, 0.6) is 0 Å². The van der Waals surface area contributed by atoms with Gasteiger partial charge in [-0.25, -0.2) is 9.50 Å². The molecule has 0 amide bonds. The molecule has 1 saturated heterocycles. The fraction of sp³-hybridized carbons (Fsp3) is 0.250. The van der Waals surface area contributed by atoms with E-state index in [0.29, 0.717) is 11.3 Å². The summed E-state index contributed by atoms with van der Waals surface area (Å²) < 4.78 is 3.45. The number of nitrogens with one attached hydrogen (secondary N) is 1. The quantitative estimate of drug-likeness (QED) is 0.562. The summed E-state index contributed by atoms with van der Waals surface area (Å²) in [5.41, 5.74) is 5.17. The highest BCUT2D eigenvalue weighted by molar-refractivity contribution is 5.85. The van der Waals surface area contributed by atoms with Crippen molar-refractivity contribution in [3.63, 3.8) is 0 Å². The van der Waals surface area contributed by atoms with E-state index in [2.05, 4.69) is 15.3 Å². The summed E-state index contributed by atoms with van der Waals surface area (Å²) >= 11 is 0. The molecule has 1 aliphatic heterocycles. The van der Waals surface area contributed by atoms with Crippen molar-refractivity contribution in [1.82, 2.24) is 24.3 Å². The zero-order chi connectivity index (χ0) is 18.4. The van der Waals surface area contributed by atoms with Crippen LogP contribution in [0, 0.1) is 6.92 Å². The third kappa shape index (κ3) is 3.23. The number of rotatable bonds is 2. The smallest absolute Gasteiger partial charge is 0.258 e. The van der Waals surface area contributed by atoms with Gasteiger partial charge in [-0.1, -0.05) is 0 Å². The molecule has 4 aromatic heterocycles. The molecule has 4 aromatic rings. The first-order valence-electron chi connectivity index (χ1n) is 9.13. The molecule has 0 aromatic carbocycles. The van der Waals surface area contributed by atoms with Gasteiger partial charge in [-0.05, 0) is 37.3 Å². The molecular weight excluding hydrogens is 376 g/mol. The van der Waals surface area contributed by atoms with E-state index in [9.17, 15) is 4.79 Å². The van der Waals surface area contributed by atoms with Crippen molar-refractivity contribution in [3.8, 4) is 11.3 Å². The van der Waals surface area contributed by atoms with E-state index in [0.717, 1.165) is 48.6 Å². The van der Waals surface area contributed by atoms with Gasteiger partial charge < -0.3 is 10.2 Å². The normalized spacial score (nSPS) is 14.4. The monoisotopic (exact) mass is 396 g/mol. The largest absolute Gasteiger partial charge is 0.368 e. The Morgan fingerprint density at radius 3 is 2.71 bits per heavy atom. The molecule has 0 unspecified atom stereocenters. The SMILES string of the molecule is Cc1cc2cc(-c3cc(=O)n4cc(N5CCNCC5)ccc4n3)ccn2n1.Cl. The molecule has 1 N–H and O–H groups in total. The summed E-state index contributed by atoms with van der Waals surface area (Å²) in [7, 11) is 0. The predicted molar refractivity (Wildman–Crippen MR) is 113 cm³/mol. The van der Waals surface area contributed by atoms with Crippen LogP contribution in [0.3, 0.4) is 0 Å². The Hall–Kier alpha value is -2.90. The van der Waals surface area contributed by atoms with E-state index < -0.39 is 0 Å². The minimum atomic E-state index is -0.0726. The van der Waals surface area contributed by atoms with Gasteiger partial charge in [0.05, 0.1) is 22.6 Å². The van der Waals surface area contributed by atoms with Crippen LogP contribution in [0.25, 0.3) is 22.4 Å². The van der Waals surface area contributed by atoms with Crippen molar-refractivity contribution in [2.75, 3.05) is 31.1 Å². The lowest BCUT2D eigenvalue weighted by Crippen LogP contribution is -2.43. The second-order valence-corrected chi connectivity index (χ2v) is 6.90. The Morgan fingerprint density at radius 1 is 1.07 bits per heavy atom. The fourth-order valence-electron chi connectivity index (χ4n) is 3.63. The van der Waals surface area contributed by atoms with E-state index >= 15 is 0 Å². The second kappa shape index (κ2) is 7.26. The van der Waals surface area contributed by atoms with Crippen LogP contribution in [-0.4, -0.2) is 45.2 Å². The molecule has 0 radical (unpaired) electrons. The molecule has 5 rings (SSSR count). The standard InChI is InChI=1S/C20H20N6O.ClH/c1-14-10-17-11-15(4-7-26(17)23-14)18-12-20(27)25-13-16(2-3-19(25)22-18)24-8-5-21-6-9-24;/h2-4,7,10-13,21H,5-6,8-9H2,1H3;1H. The van der Waals surface area contributed by atoms with E-state index in [1.807, 2.05) is 54.2 Å². The van der Waals surface area contributed by atoms with E-state index in [4.69, 9.17) is 4.98 Å². The Morgan fingerprint density at radius 2 is 1.89 bits per heavy atom. The average Bonchev–Trinajstić information content (AvgIpc) is 3.07. The summed E-state index contributed by atoms with van der Waals surface area (Å²) in [6, 6.07) is 11.5. The van der Waals surface area contributed by atoms with Crippen molar-refractivity contribution in [2.24, 2.45) is 0 Å². The number of pyridine rings is 2. The Balaban J connectivity index is 0.00000192. The first-order valence-corrected chi connectivity index (χ1v) is 9.13. The van der Waals surface area contributed by atoms with Gasteiger partial charge in [0.15, 0.2) is 0 Å². The topological polar surface area (TPSA) is 66.9 Å². The highest BCUT2D eigenvalue weighted by Gasteiger charge is 2.12. The van der Waals surface area contributed by atoms with Crippen LogP contribution in [0.2, 0.25) is 0 Å². The van der Waals surface area contributed by atoms with Crippen molar-refractivity contribution < 1.29 is 0 Å². The lowest BCUT2D eigenvalue weighted by atomic mass is 10.1. The summed E-state index contributed by atoms with van der Waals surface area (Å²) in [4.78, 5) is 19.7. The van der Waals surface area contributed by atoms with Crippen molar-refractivity contribution in [3.05, 3.63) is 64.8 Å². The maximum atomic E-state index is 12.8. The van der Waals surface area contributed by atoms with Crippen LogP contribution < -0.4 is 15.8 Å². The van der Waals surface area contributed by atoms with Crippen molar-refractivity contribution in [1.29, 1.82) is 0 Å². The molecule has 5 heterocycles. The molecule has 1 aliphatic rings. The third-order valence-electron chi connectivity index (χ3n) is 5.01. The number of hydrogen-bond acceptors (Lipinski definition) is 5. The first-order chi connectivity index (χ1) is 13.2. The summed E-state index contributed by atoms with van der Waals surface area (Å²) in [6.45, 7) is 5.76. The minimum Gasteiger partial charge on any atom is -0.368 e. The van der Waals surface area contributed by atoms with Gasteiger partial charge >= 0.3 is 0 Å². The second-order valence-electron chi connectivity index (χ2n) is 6.90. The number of fused-ring (bicyclic) bond motifs is 2. The Labute approximate surface area is 168 Å². The van der Waals surface area contributed by atoms with Gasteiger partial charge in [0.2, 0.25) is 0 Å². The van der Waals surface area contributed by atoms with Gasteiger partial charge in [-0.3, -0.25) is 9.20 Å². The van der Waals surface area contributed by atoms with Gasteiger partial charge in [-0.2, -0.15) is 5.10 Å². The number of aromatic nitrogens is 4. The number of hydrogen-bond donors (Lipinski definition) is 1. The van der Waals surface area contributed by atoms with Gasteiger partial charge in [0.25, 0.3) is 5.56 Å². The highest BCUT2D eigenvalue weighted by atomic mass is 35.5. The molecule has 28 heavy (non-hydrogen) atoms. The Bertz CT molecular complexity index is 1210. The molecule has 7 nitrogen and oxygen atoms in total. The zero-order valence-electron chi connectivity index (χ0n) is 15.5. The molecule has 1 fully saturated rings. The minimum absolute atomic E-state index is 0. The summed E-state index contributed by atoms with van der Waals surface area (Å²) in [5.74, 6) is 0. The number of halogens is 1. The highest BCUT2D eigenvalue weighted by Crippen LogP contribution is 2.20. The summed E-state index contributed by atoms with van der Waals surface area (Å²) in [5, 5.41) is 7.73. The van der Waals surface area contributed by atoms with Crippen LogP contribution in [0.1, 0.15) is 5.69 Å². The lowest BCUT2D eigenvalue weighted by Gasteiger charge is -2.29. The lowest BCUT2D eigenvalue weighted by molar-refractivity contribution is 0.588. The third-order valence-corrected chi connectivity index (χ3v) is 5.01. The van der Waals surface area contributed by atoms with E-state index in [1.54, 1.807) is 10.5 Å². The van der Waals surface area contributed by atoms with Crippen molar-refractivity contribution >= 4 is 29.3 Å². The first kappa shape index (κ1) is 18.5. The van der Waals surface area contributed by atoms with Gasteiger partial charge in [0.1, 0.15) is 5.65 Å². The van der Waals surface area contributed by atoms with Gasteiger partial charge in [-0.15, -0.1) is 12.4 Å². The average molecular weight is 397 g/mol. The fourth-order valence-corrected chi connectivity index (χ4v) is 3.63. The predicted octanol–water partition coefficient (Wildman–Crippen LogP) is 2.15. The van der Waals surface area contributed by atoms with Crippen LogP contribution in [0.4, 0.5) is 5.69 Å². The van der Waals surface area contributed by atoms with Crippen LogP contribution in [-0.2, 0) is 0 Å². The molecule has 0 atom stereocenters. The Kier molecular flexibility index (Phi) is 4.78. The maximum absolute atomic E-state index is 12.8. The zero-order valence-corrected chi connectivity index (χ0v) is 16.3. The molecular formula is C20H21ClN6O. The number of nitrogens with zero attached hydrogens (tertiary/aromatic N) is 5. The molecule has 0 spiro atoms. The van der Waals surface area contributed by atoms with E-state index in [1.165, 1.54) is 0 Å². The van der Waals surface area contributed by atoms with Crippen molar-refractivity contribution in [2.45, 2.75) is 6.92 Å². The summed E-state index contributed by atoms with van der Waals surface area (Å²) in [6.07, 6.45) is 3.79. The molecule has 8 heteroatoms. The number of aryl methyl sites for hydroxylation is 1.